The van der Waals surface area contributed by atoms with Crippen molar-refractivity contribution in [2.24, 2.45) is 5.92 Å². The van der Waals surface area contributed by atoms with Crippen LogP contribution in [0, 0.1) is 5.92 Å². The Morgan fingerprint density at radius 2 is 2.00 bits per heavy atom. The highest BCUT2D eigenvalue weighted by Crippen LogP contribution is 2.22. The molecule has 1 aliphatic rings. The van der Waals surface area contributed by atoms with Crippen LogP contribution in [0.2, 0.25) is 0 Å². The van der Waals surface area contributed by atoms with Gasteiger partial charge < -0.3 is 15.0 Å². The molecule has 3 heteroatoms. The van der Waals surface area contributed by atoms with Gasteiger partial charge in [0.15, 0.2) is 0 Å². The number of nitrogens with one attached hydrogen (secondary N) is 1. The van der Waals surface area contributed by atoms with Crippen LogP contribution in [0.15, 0.2) is 0 Å². The van der Waals surface area contributed by atoms with E-state index in [4.69, 9.17) is 4.74 Å². The molecule has 17 heavy (non-hydrogen) atoms. The molecule has 0 bridgehead atoms. The van der Waals surface area contributed by atoms with Crippen LogP contribution in [-0.2, 0) is 4.74 Å². The molecule has 0 aromatic carbocycles. The van der Waals surface area contributed by atoms with Crippen molar-refractivity contribution in [3.05, 3.63) is 0 Å². The molecule has 0 radical (unpaired) electrons. The van der Waals surface area contributed by atoms with Crippen LogP contribution in [0.25, 0.3) is 0 Å². The summed E-state index contributed by atoms with van der Waals surface area (Å²) in [6.45, 7) is 13.5. The highest BCUT2D eigenvalue weighted by Gasteiger charge is 2.25. The Balaban J connectivity index is 2.00. The molecule has 1 aliphatic heterocycles. The summed E-state index contributed by atoms with van der Waals surface area (Å²) in [7, 11) is 0. The van der Waals surface area contributed by atoms with Crippen molar-refractivity contribution < 1.29 is 4.74 Å². The van der Waals surface area contributed by atoms with Crippen molar-refractivity contribution >= 4 is 0 Å². The van der Waals surface area contributed by atoms with Gasteiger partial charge in [-0.3, -0.25) is 0 Å². The van der Waals surface area contributed by atoms with Gasteiger partial charge in [0.1, 0.15) is 0 Å². The van der Waals surface area contributed by atoms with Crippen LogP contribution in [0.3, 0.4) is 0 Å². The average molecular weight is 242 g/mol. The van der Waals surface area contributed by atoms with Crippen molar-refractivity contribution in [3.63, 3.8) is 0 Å². The topological polar surface area (TPSA) is 24.5 Å². The molecule has 3 nitrogen and oxygen atoms in total. The van der Waals surface area contributed by atoms with Crippen LogP contribution in [0.4, 0.5) is 0 Å². The first-order valence-corrected chi connectivity index (χ1v) is 7.36. The summed E-state index contributed by atoms with van der Waals surface area (Å²) in [5.41, 5.74) is 0. The van der Waals surface area contributed by atoms with Gasteiger partial charge in [-0.2, -0.15) is 0 Å². The van der Waals surface area contributed by atoms with E-state index in [9.17, 15) is 0 Å². The zero-order valence-electron chi connectivity index (χ0n) is 11.9. The van der Waals surface area contributed by atoms with Gasteiger partial charge >= 0.3 is 0 Å². The lowest BCUT2D eigenvalue weighted by molar-refractivity contribution is 0.0872. The standard InChI is InChI=1S/C14H30N2O/c1-4-14-13(8-11-17-14)12-15-9-7-10-16(5-2)6-3/h13-15H,4-12H2,1-3H3. The van der Waals surface area contributed by atoms with Crippen LogP contribution < -0.4 is 5.32 Å². The number of hydrogen-bond donors (Lipinski definition) is 1. The van der Waals surface area contributed by atoms with Gasteiger partial charge in [0.2, 0.25) is 0 Å². The van der Waals surface area contributed by atoms with Crippen molar-refractivity contribution in [1.82, 2.24) is 10.2 Å². The zero-order valence-corrected chi connectivity index (χ0v) is 11.9. The van der Waals surface area contributed by atoms with Gasteiger partial charge in [-0.25, -0.2) is 0 Å². The van der Waals surface area contributed by atoms with E-state index in [2.05, 4.69) is 31.0 Å². The first kappa shape index (κ1) is 14.9. The Hall–Kier alpha value is -0.120. The third-order valence-electron chi connectivity index (χ3n) is 3.88. The Kier molecular flexibility index (Phi) is 7.82. The third kappa shape index (κ3) is 5.36. The summed E-state index contributed by atoms with van der Waals surface area (Å²) in [5, 5.41) is 3.59. The molecule has 0 aromatic heterocycles. The van der Waals surface area contributed by atoms with Crippen LogP contribution >= 0.6 is 0 Å². The predicted molar refractivity (Wildman–Crippen MR) is 73.4 cm³/mol. The van der Waals surface area contributed by atoms with Crippen LogP contribution in [0.1, 0.15) is 40.0 Å². The zero-order chi connectivity index (χ0) is 12.5. The largest absolute Gasteiger partial charge is 0.378 e. The third-order valence-corrected chi connectivity index (χ3v) is 3.88. The lowest BCUT2D eigenvalue weighted by Gasteiger charge is -2.19. The van der Waals surface area contributed by atoms with Gasteiger partial charge in [-0.15, -0.1) is 0 Å². The maximum Gasteiger partial charge on any atom is 0.0613 e. The number of rotatable bonds is 9. The Bertz CT molecular complexity index is 183. The highest BCUT2D eigenvalue weighted by atomic mass is 16.5. The quantitative estimate of drug-likeness (QED) is 0.627. The molecule has 1 saturated heterocycles. The number of nitrogens with zero attached hydrogens (tertiary/aromatic N) is 1. The summed E-state index contributed by atoms with van der Waals surface area (Å²) in [6, 6.07) is 0. The minimum atomic E-state index is 0.505. The maximum atomic E-state index is 5.70. The van der Waals surface area contributed by atoms with Crippen molar-refractivity contribution in [1.29, 1.82) is 0 Å². The molecule has 0 saturated carbocycles. The Labute approximate surface area is 107 Å². The van der Waals surface area contributed by atoms with E-state index in [1.54, 1.807) is 0 Å². The molecule has 0 aliphatic carbocycles. The van der Waals surface area contributed by atoms with Crippen LogP contribution in [0.5, 0.6) is 0 Å². The molecule has 0 aromatic rings. The second kappa shape index (κ2) is 8.90. The van der Waals surface area contributed by atoms with E-state index >= 15 is 0 Å². The average Bonchev–Trinajstić information content (AvgIpc) is 2.81. The van der Waals surface area contributed by atoms with E-state index in [1.807, 2.05) is 0 Å². The molecular weight excluding hydrogens is 212 g/mol. The molecule has 0 amide bonds. The van der Waals surface area contributed by atoms with Crippen molar-refractivity contribution in [2.45, 2.75) is 46.1 Å². The van der Waals surface area contributed by atoms with Gasteiger partial charge in [-0.1, -0.05) is 20.8 Å². The van der Waals surface area contributed by atoms with Crippen molar-refractivity contribution in [3.8, 4) is 0 Å². The minimum Gasteiger partial charge on any atom is -0.378 e. The summed E-state index contributed by atoms with van der Waals surface area (Å²) < 4.78 is 5.70. The molecule has 1 heterocycles. The van der Waals surface area contributed by atoms with Crippen LogP contribution in [-0.4, -0.2) is 50.3 Å². The molecule has 0 spiro atoms. The molecule has 1 rings (SSSR count). The minimum absolute atomic E-state index is 0.505. The lowest BCUT2D eigenvalue weighted by Crippen LogP contribution is -2.31. The molecular formula is C14H30N2O. The van der Waals surface area contributed by atoms with E-state index < -0.39 is 0 Å². The maximum absolute atomic E-state index is 5.70. The van der Waals surface area contributed by atoms with E-state index in [1.165, 1.54) is 32.5 Å². The molecule has 2 unspecified atom stereocenters. The molecule has 1 N–H and O–H groups in total. The first-order valence-electron chi connectivity index (χ1n) is 7.36. The predicted octanol–water partition coefficient (Wildman–Crippen LogP) is 2.12. The lowest BCUT2D eigenvalue weighted by atomic mass is 10.00. The van der Waals surface area contributed by atoms with E-state index in [0.29, 0.717) is 6.10 Å². The van der Waals surface area contributed by atoms with Gasteiger partial charge in [0.25, 0.3) is 0 Å². The summed E-state index contributed by atoms with van der Waals surface area (Å²) >= 11 is 0. The molecule has 1 fully saturated rings. The van der Waals surface area contributed by atoms with Gasteiger partial charge in [-0.05, 0) is 51.4 Å². The fourth-order valence-electron chi connectivity index (χ4n) is 2.63. The van der Waals surface area contributed by atoms with E-state index in [0.717, 1.165) is 32.0 Å². The second-order valence-corrected chi connectivity index (χ2v) is 4.95. The normalized spacial score (nSPS) is 24.7. The highest BCUT2D eigenvalue weighted by molar-refractivity contribution is 4.76. The summed E-state index contributed by atoms with van der Waals surface area (Å²) in [6.07, 6.45) is 4.16. The number of hydrogen-bond acceptors (Lipinski definition) is 3. The number of ether oxygens (including phenoxy) is 1. The molecule has 2 atom stereocenters. The second-order valence-electron chi connectivity index (χ2n) is 4.95. The SMILES string of the molecule is CCC1OCCC1CNCCCN(CC)CC. The van der Waals surface area contributed by atoms with Gasteiger partial charge in [0, 0.05) is 13.2 Å². The fraction of sp³-hybridized carbons (Fsp3) is 1.00. The summed E-state index contributed by atoms with van der Waals surface area (Å²) in [4.78, 5) is 2.48. The fourth-order valence-corrected chi connectivity index (χ4v) is 2.63. The Morgan fingerprint density at radius 1 is 1.24 bits per heavy atom. The van der Waals surface area contributed by atoms with Crippen molar-refractivity contribution in [2.75, 3.05) is 39.3 Å². The van der Waals surface area contributed by atoms with E-state index in [-0.39, 0.29) is 0 Å². The smallest absolute Gasteiger partial charge is 0.0613 e. The summed E-state index contributed by atoms with van der Waals surface area (Å²) in [5.74, 6) is 0.744. The first-order chi connectivity index (χ1) is 8.31. The van der Waals surface area contributed by atoms with Gasteiger partial charge in [0.05, 0.1) is 6.10 Å². The monoisotopic (exact) mass is 242 g/mol. The molecule has 102 valence electrons. The Morgan fingerprint density at radius 3 is 2.65 bits per heavy atom.